The molecule has 3 aromatic rings. The van der Waals surface area contributed by atoms with Gasteiger partial charge in [-0.3, -0.25) is 9.20 Å². The number of nitrogens with zero attached hydrogens (tertiary/aromatic N) is 2. The van der Waals surface area contributed by atoms with Gasteiger partial charge >= 0.3 is 0 Å². The van der Waals surface area contributed by atoms with Gasteiger partial charge in [-0.25, -0.2) is 4.98 Å². The van der Waals surface area contributed by atoms with Gasteiger partial charge in [0.25, 0.3) is 5.91 Å². The van der Waals surface area contributed by atoms with Gasteiger partial charge in [-0.2, -0.15) is 0 Å². The molecule has 1 aromatic carbocycles. The van der Waals surface area contributed by atoms with Crippen LogP contribution in [0.1, 0.15) is 49.3 Å². The Labute approximate surface area is 157 Å². The third-order valence-corrected chi connectivity index (χ3v) is 3.47. The molecule has 0 saturated heterocycles. The van der Waals surface area contributed by atoms with Crippen LogP contribution < -0.4 is 10.1 Å². The maximum Gasteiger partial charge on any atom is 0.270 e. The highest BCUT2D eigenvalue weighted by molar-refractivity contribution is 5.94. The minimum absolute atomic E-state index is 0.0964. The van der Waals surface area contributed by atoms with Crippen LogP contribution in [0, 0.1) is 13.7 Å². The van der Waals surface area contributed by atoms with Crippen molar-refractivity contribution in [2.24, 2.45) is 0 Å². The molecule has 0 aliphatic carbocycles. The fourth-order valence-electron chi connectivity index (χ4n) is 2.37. The minimum Gasteiger partial charge on any atom is -0.493 e. The first kappa shape index (κ1) is 6.59. The van der Waals surface area contributed by atoms with Crippen molar-refractivity contribution in [2.45, 2.75) is 26.6 Å². The highest BCUT2D eigenvalue weighted by Crippen LogP contribution is 2.25. The van der Waals surface area contributed by atoms with Gasteiger partial charge in [-0.1, -0.05) is 12.1 Å². The topological polar surface area (TPSA) is 55.6 Å². The van der Waals surface area contributed by atoms with Crippen LogP contribution in [-0.4, -0.2) is 21.9 Å². The van der Waals surface area contributed by atoms with Gasteiger partial charge in [-0.15, -0.1) is 0 Å². The molecular formula is C19H19N3O2. The van der Waals surface area contributed by atoms with Crippen LogP contribution in [0.5, 0.6) is 5.75 Å². The maximum absolute atomic E-state index is 13.2. The second kappa shape index (κ2) is 5.67. The van der Waals surface area contributed by atoms with E-state index in [2.05, 4.69) is 10.3 Å². The monoisotopic (exact) mass is 333 g/mol. The van der Waals surface area contributed by atoms with Gasteiger partial charge < -0.3 is 10.1 Å². The first-order chi connectivity index (χ1) is 16.4. The van der Waals surface area contributed by atoms with Crippen molar-refractivity contribution >= 4 is 11.6 Å². The first-order valence-electron chi connectivity index (χ1n) is 13.1. The summed E-state index contributed by atoms with van der Waals surface area (Å²) in [6.45, 7) is -9.64. The number of amides is 1. The number of aryl methyl sites for hydroxylation is 2. The summed E-state index contributed by atoms with van der Waals surface area (Å²) in [6, 6.07) is 2.52. The van der Waals surface area contributed by atoms with E-state index in [9.17, 15) is 4.79 Å². The lowest BCUT2D eigenvalue weighted by molar-refractivity contribution is 0.0944. The van der Waals surface area contributed by atoms with Gasteiger partial charge in [0.2, 0.25) is 0 Å². The number of hydrogen-bond donors (Lipinski definition) is 1. The number of rotatable bonds is 3. The summed E-state index contributed by atoms with van der Waals surface area (Å²) in [5.74, 6) is -1.00. The SMILES string of the molecule is [2H]c1cn2c(C(=O)NC([2H])([2H])c3ccc4c(c3)C([2H])C([2H])O4)c(C([2H])([2H])[2H])nc2c([2H])c1C([2H])([2H])[2H]. The third kappa shape index (κ3) is 2.52. The Hall–Kier alpha value is -2.82. The van der Waals surface area contributed by atoms with Gasteiger partial charge in [0.1, 0.15) is 17.1 Å². The second-order valence-electron chi connectivity index (χ2n) is 5.03. The molecule has 0 saturated carbocycles. The van der Waals surface area contributed by atoms with Crippen molar-refractivity contribution in [3.63, 3.8) is 0 Å². The molecule has 0 spiro atoms. The van der Waals surface area contributed by atoms with E-state index in [4.69, 9.17) is 21.2 Å². The Morgan fingerprint density at radius 1 is 1.58 bits per heavy atom. The summed E-state index contributed by atoms with van der Waals surface area (Å²) in [7, 11) is 0. The number of fused-ring (bicyclic) bond motifs is 2. The number of hydrogen-bond acceptors (Lipinski definition) is 3. The van der Waals surface area contributed by atoms with Crippen molar-refractivity contribution in [2.75, 3.05) is 6.58 Å². The highest BCUT2D eigenvalue weighted by atomic mass is 16.5. The number of imidazole rings is 1. The summed E-state index contributed by atoms with van der Waals surface area (Å²) >= 11 is 0. The molecular weight excluding hydrogens is 302 g/mol. The molecule has 1 aliphatic heterocycles. The fraction of sp³-hybridized carbons (Fsp3) is 0.263. The molecule has 0 fully saturated rings. The molecule has 2 aromatic heterocycles. The van der Waals surface area contributed by atoms with Crippen LogP contribution in [0.15, 0.2) is 36.5 Å². The van der Waals surface area contributed by atoms with Crippen LogP contribution in [0.25, 0.3) is 5.65 Å². The number of benzene rings is 1. The molecule has 5 heteroatoms. The van der Waals surface area contributed by atoms with Gasteiger partial charge in [-0.05, 0) is 48.5 Å². The van der Waals surface area contributed by atoms with E-state index in [1.165, 1.54) is 18.2 Å². The number of carbonyl (C=O) groups is 1. The number of aromatic nitrogens is 2. The van der Waals surface area contributed by atoms with E-state index in [1.807, 2.05) is 0 Å². The zero-order chi connectivity index (χ0) is 27.0. The van der Waals surface area contributed by atoms with Crippen molar-refractivity contribution < 1.29 is 26.0 Å². The number of pyridine rings is 1. The Bertz CT molecular complexity index is 1380. The smallest absolute Gasteiger partial charge is 0.270 e. The molecule has 0 bridgehead atoms. The summed E-state index contributed by atoms with van der Waals surface area (Å²) in [4.78, 5) is 17.1. The predicted molar refractivity (Wildman–Crippen MR) is 91.5 cm³/mol. The van der Waals surface area contributed by atoms with E-state index in [-0.39, 0.29) is 16.9 Å². The highest BCUT2D eigenvalue weighted by Gasteiger charge is 2.17. The van der Waals surface area contributed by atoms with E-state index in [0.29, 0.717) is 0 Å². The summed E-state index contributed by atoms with van der Waals surface area (Å²) in [5, 5.41) is 2.08. The van der Waals surface area contributed by atoms with Crippen molar-refractivity contribution in [3.8, 4) is 5.75 Å². The first-order valence-corrected chi connectivity index (χ1v) is 6.95. The van der Waals surface area contributed by atoms with Crippen molar-refractivity contribution in [1.29, 1.82) is 0 Å². The Morgan fingerprint density at radius 2 is 2.54 bits per heavy atom. The lowest BCUT2D eigenvalue weighted by Gasteiger charge is -2.08. The lowest BCUT2D eigenvalue weighted by Crippen LogP contribution is -2.25. The zero-order valence-corrected chi connectivity index (χ0v) is 12.2. The molecule has 4 rings (SSSR count). The summed E-state index contributed by atoms with van der Waals surface area (Å²) in [6.07, 6.45) is -0.237. The van der Waals surface area contributed by atoms with Crippen molar-refractivity contribution in [1.82, 2.24) is 14.7 Å². The number of nitrogens with one attached hydrogen (secondary N) is 1. The average molecular weight is 333 g/mol. The van der Waals surface area contributed by atoms with Crippen LogP contribution in [0.3, 0.4) is 0 Å². The van der Waals surface area contributed by atoms with Crippen LogP contribution in [0.4, 0.5) is 0 Å². The molecule has 1 amide bonds. The van der Waals surface area contributed by atoms with E-state index < -0.39 is 73.8 Å². The lowest BCUT2D eigenvalue weighted by atomic mass is 10.1. The van der Waals surface area contributed by atoms with E-state index in [0.717, 1.165) is 10.6 Å². The van der Waals surface area contributed by atoms with Crippen LogP contribution in [-0.2, 0) is 12.9 Å². The normalized spacial score (nSPS) is 28.0. The summed E-state index contributed by atoms with van der Waals surface area (Å²) < 4.78 is 101. The average Bonchev–Trinajstić information content (AvgIpc) is 3.24. The molecule has 122 valence electrons. The number of carbonyl (C=O) groups excluding carboxylic acids is 1. The number of ether oxygens (including phenoxy) is 1. The quantitative estimate of drug-likeness (QED) is 0.802. The third-order valence-electron chi connectivity index (χ3n) is 3.47. The molecule has 1 N–H and O–H groups in total. The molecule has 3 heterocycles. The second-order valence-corrected chi connectivity index (χ2v) is 5.03. The van der Waals surface area contributed by atoms with Gasteiger partial charge in [0.05, 0.1) is 19.1 Å². The Morgan fingerprint density at radius 3 is 3.42 bits per heavy atom. The van der Waals surface area contributed by atoms with E-state index in [1.54, 1.807) is 0 Å². The van der Waals surface area contributed by atoms with Crippen LogP contribution >= 0.6 is 0 Å². The molecule has 24 heavy (non-hydrogen) atoms. The molecule has 2 atom stereocenters. The standard InChI is InChI=1S/C19H19N3O2/c1-12-5-7-22-17(9-12)21-13(2)18(22)19(23)20-11-14-3-4-16-15(10-14)6-8-24-16/h3-5,7,9-10H,6,8,11H2,1-2H3,(H,20,23)/i1D3,2D3,5D,6D,8D,9D,11D2. The fourth-order valence-corrected chi connectivity index (χ4v) is 2.37. The van der Waals surface area contributed by atoms with E-state index >= 15 is 0 Å². The zero-order valence-electron chi connectivity index (χ0n) is 24.2. The predicted octanol–water partition coefficient (Wildman–Crippen LogP) is 2.82. The summed E-state index contributed by atoms with van der Waals surface area (Å²) in [5.41, 5.74) is -2.47. The molecule has 1 aliphatic rings. The molecule has 0 radical (unpaired) electrons. The minimum atomic E-state index is -2.99. The molecule has 5 nitrogen and oxygen atoms in total. The Balaban J connectivity index is 1.81. The molecule has 2 unspecified atom stereocenters. The Kier molecular flexibility index (Phi) is 1.56. The van der Waals surface area contributed by atoms with Gasteiger partial charge in [0, 0.05) is 28.7 Å². The maximum atomic E-state index is 13.2. The van der Waals surface area contributed by atoms with Crippen molar-refractivity contribution in [3.05, 3.63) is 64.6 Å². The largest absolute Gasteiger partial charge is 0.493 e. The van der Waals surface area contributed by atoms with Crippen LogP contribution in [0.2, 0.25) is 0 Å². The van der Waals surface area contributed by atoms with Gasteiger partial charge in [0.15, 0.2) is 0 Å².